The van der Waals surface area contributed by atoms with Gasteiger partial charge in [-0.05, 0) is 86.2 Å². The van der Waals surface area contributed by atoms with Crippen molar-refractivity contribution in [1.29, 1.82) is 0 Å². The molecule has 0 radical (unpaired) electrons. The second kappa shape index (κ2) is 10.7. The van der Waals surface area contributed by atoms with Crippen LogP contribution in [0.25, 0.3) is 5.69 Å². The zero-order valence-corrected chi connectivity index (χ0v) is 24.1. The summed E-state index contributed by atoms with van der Waals surface area (Å²) in [5.74, 6) is -0.413. The van der Waals surface area contributed by atoms with Crippen molar-refractivity contribution in [2.75, 3.05) is 23.0 Å². The molecule has 1 saturated heterocycles. The second-order valence-corrected chi connectivity index (χ2v) is 11.7. The van der Waals surface area contributed by atoms with Gasteiger partial charge in [0.05, 0.1) is 42.4 Å². The molecule has 0 amide bonds. The Morgan fingerprint density at radius 3 is 2.40 bits per heavy atom. The summed E-state index contributed by atoms with van der Waals surface area (Å²) < 4.78 is 33.0. The highest BCUT2D eigenvalue weighted by Crippen LogP contribution is 2.44. The predicted octanol–water partition coefficient (Wildman–Crippen LogP) is 4.82. The molecule has 2 aromatic carbocycles. The topological polar surface area (TPSA) is 106 Å². The molecule has 2 N–H and O–H groups in total. The molecule has 40 heavy (non-hydrogen) atoms. The normalized spacial score (nSPS) is 17.0. The quantitative estimate of drug-likeness (QED) is 0.239. The SMILES string of the molecule is COC(=O)c1ccccc1-n1c(C)cc([C@H]2[C@H](c3ccccn3)NC(=S)N2c2ccc(NS(C)(=O)=O)cc2)c1C. The zero-order valence-electron chi connectivity index (χ0n) is 22.5. The van der Waals surface area contributed by atoms with Gasteiger partial charge in [0.15, 0.2) is 5.11 Å². The number of benzene rings is 2. The molecule has 11 heteroatoms. The zero-order chi connectivity index (χ0) is 28.6. The number of aryl methyl sites for hydroxylation is 1. The van der Waals surface area contributed by atoms with Gasteiger partial charge in [-0.1, -0.05) is 18.2 Å². The minimum absolute atomic E-state index is 0.271. The fraction of sp³-hybridized carbons (Fsp3) is 0.207. The van der Waals surface area contributed by atoms with Gasteiger partial charge in [-0.2, -0.15) is 0 Å². The number of rotatable bonds is 7. The van der Waals surface area contributed by atoms with Gasteiger partial charge in [-0.25, -0.2) is 13.2 Å². The van der Waals surface area contributed by atoms with Crippen LogP contribution >= 0.6 is 12.2 Å². The summed E-state index contributed by atoms with van der Waals surface area (Å²) in [6, 6.07) is 21.7. The molecule has 5 rings (SSSR count). The number of anilines is 2. The van der Waals surface area contributed by atoms with E-state index in [9.17, 15) is 13.2 Å². The van der Waals surface area contributed by atoms with Gasteiger partial charge in [0.25, 0.3) is 0 Å². The number of thiocarbonyl (C=S) groups is 1. The van der Waals surface area contributed by atoms with Crippen LogP contribution in [0.4, 0.5) is 11.4 Å². The van der Waals surface area contributed by atoms with Crippen molar-refractivity contribution in [3.05, 3.63) is 107 Å². The Hall–Kier alpha value is -4.22. The highest BCUT2D eigenvalue weighted by Gasteiger charge is 2.42. The molecule has 0 saturated carbocycles. The summed E-state index contributed by atoms with van der Waals surface area (Å²) in [5, 5.41) is 3.97. The molecular weight excluding hydrogens is 546 g/mol. The molecule has 206 valence electrons. The number of esters is 1. The highest BCUT2D eigenvalue weighted by atomic mass is 32.2. The molecule has 1 aliphatic rings. The number of para-hydroxylation sites is 1. The standard InChI is InChI=1S/C29H29N5O4S2/c1-18-17-23(19(2)33(18)25-11-6-5-9-22(25)28(35)38-3)27-26(24-10-7-8-16-30-24)31-29(39)34(27)21-14-12-20(13-15-21)32-40(4,36)37/h5-17,26-27,32H,1-4H3,(H,31,39)/t26-,27-/m0/s1. The number of ether oxygens (including phenoxy) is 1. The number of carbonyl (C=O) groups excluding carboxylic acids is 1. The number of hydrogen-bond donors (Lipinski definition) is 2. The van der Waals surface area contributed by atoms with E-state index in [1.165, 1.54) is 7.11 Å². The fourth-order valence-corrected chi connectivity index (χ4v) is 6.17. The fourth-order valence-electron chi connectivity index (χ4n) is 5.26. The van der Waals surface area contributed by atoms with Crippen LogP contribution in [0.1, 0.15) is 45.1 Å². The largest absolute Gasteiger partial charge is 0.465 e. The number of nitrogens with one attached hydrogen (secondary N) is 2. The number of methoxy groups -OCH3 is 1. The van der Waals surface area contributed by atoms with E-state index >= 15 is 0 Å². The van der Waals surface area contributed by atoms with Gasteiger partial charge >= 0.3 is 5.97 Å². The van der Waals surface area contributed by atoms with E-state index < -0.39 is 16.0 Å². The second-order valence-electron chi connectivity index (χ2n) is 9.59. The molecule has 1 fully saturated rings. The minimum Gasteiger partial charge on any atom is -0.465 e. The van der Waals surface area contributed by atoms with Gasteiger partial charge in [-0.15, -0.1) is 0 Å². The molecule has 0 aliphatic carbocycles. The van der Waals surface area contributed by atoms with Crippen LogP contribution in [-0.2, 0) is 14.8 Å². The lowest BCUT2D eigenvalue weighted by atomic mass is 9.96. The van der Waals surface area contributed by atoms with E-state index in [2.05, 4.69) is 25.7 Å². The van der Waals surface area contributed by atoms with E-state index in [1.807, 2.05) is 67.3 Å². The molecule has 2 atom stereocenters. The van der Waals surface area contributed by atoms with Crippen LogP contribution in [0.15, 0.2) is 79.0 Å². The Bertz CT molecular complexity index is 1690. The molecular formula is C29H29N5O4S2. The summed E-state index contributed by atoms with van der Waals surface area (Å²) in [4.78, 5) is 19.3. The first-order valence-corrected chi connectivity index (χ1v) is 14.8. The van der Waals surface area contributed by atoms with E-state index in [0.717, 1.165) is 40.3 Å². The maximum Gasteiger partial charge on any atom is 0.339 e. The van der Waals surface area contributed by atoms with E-state index in [1.54, 1.807) is 24.4 Å². The maximum atomic E-state index is 12.6. The van der Waals surface area contributed by atoms with E-state index in [-0.39, 0.29) is 12.1 Å². The monoisotopic (exact) mass is 575 g/mol. The number of aromatic nitrogens is 2. The highest BCUT2D eigenvalue weighted by molar-refractivity contribution is 7.92. The Morgan fingerprint density at radius 2 is 1.75 bits per heavy atom. The summed E-state index contributed by atoms with van der Waals surface area (Å²) >= 11 is 5.85. The van der Waals surface area contributed by atoms with Crippen LogP contribution in [-0.4, -0.2) is 42.4 Å². The first-order valence-electron chi connectivity index (χ1n) is 12.5. The Kier molecular flexibility index (Phi) is 7.35. The molecule has 0 spiro atoms. The van der Waals surface area contributed by atoms with Gasteiger partial charge in [0.1, 0.15) is 0 Å². The van der Waals surface area contributed by atoms with Gasteiger partial charge in [0.2, 0.25) is 10.0 Å². The molecule has 0 unspecified atom stereocenters. The number of nitrogens with zero attached hydrogens (tertiary/aromatic N) is 3. The lowest BCUT2D eigenvalue weighted by Gasteiger charge is -2.28. The van der Waals surface area contributed by atoms with Crippen LogP contribution in [0.5, 0.6) is 0 Å². The molecule has 9 nitrogen and oxygen atoms in total. The first kappa shape index (κ1) is 27.4. The van der Waals surface area contributed by atoms with Crippen molar-refractivity contribution in [3.63, 3.8) is 0 Å². The van der Waals surface area contributed by atoms with Crippen LogP contribution < -0.4 is 14.9 Å². The summed E-state index contributed by atoms with van der Waals surface area (Å²) in [7, 11) is -2.04. The lowest BCUT2D eigenvalue weighted by Crippen LogP contribution is -2.29. The van der Waals surface area contributed by atoms with Crippen molar-refractivity contribution in [1.82, 2.24) is 14.9 Å². The molecule has 3 heterocycles. The summed E-state index contributed by atoms with van der Waals surface area (Å²) in [6.45, 7) is 4.02. The Balaban J connectivity index is 1.65. The smallest absolute Gasteiger partial charge is 0.339 e. The average Bonchev–Trinajstić information content (AvgIpc) is 3.43. The minimum atomic E-state index is -3.41. The van der Waals surface area contributed by atoms with Crippen molar-refractivity contribution in [2.24, 2.45) is 0 Å². The Morgan fingerprint density at radius 1 is 1.05 bits per heavy atom. The Labute approximate surface area is 238 Å². The third kappa shape index (κ3) is 5.17. The van der Waals surface area contributed by atoms with Crippen molar-refractivity contribution in [2.45, 2.75) is 25.9 Å². The number of hydrogen-bond acceptors (Lipinski definition) is 6. The van der Waals surface area contributed by atoms with Crippen LogP contribution in [0.2, 0.25) is 0 Å². The van der Waals surface area contributed by atoms with Gasteiger partial charge in [-0.3, -0.25) is 9.71 Å². The van der Waals surface area contributed by atoms with Gasteiger partial charge in [0, 0.05) is 29.0 Å². The lowest BCUT2D eigenvalue weighted by molar-refractivity contribution is 0.0600. The third-order valence-corrected chi connectivity index (χ3v) is 7.81. The van der Waals surface area contributed by atoms with Crippen molar-refractivity contribution >= 4 is 44.7 Å². The summed E-state index contributed by atoms with van der Waals surface area (Å²) in [5.41, 5.74) is 6.14. The summed E-state index contributed by atoms with van der Waals surface area (Å²) in [6.07, 6.45) is 2.86. The van der Waals surface area contributed by atoms with Crippen LogP contribution in [0.3, 0.4) is 0 Å². The maximum absolute atomic E-state index is 12.6. The number of sulfonamides is 1. The number of carbonyl (C=O) groups is 1. The van der Waals surface area contributed by atoms with Gasteiger partial charge < -0.3 is 19.5 Å². The first-order chi connectivity index (χ1) is 19.1. The molecule has 1 aliphatic heterocycles. The molecule has 4 aromatic rings. The van der Waals surface area contributed by atoms with Crippen molar-refractivity contribution < 1.29 is 17.9 Å². The van der Waals surface area contributed by atoms with Crippen molar-refractivity contribution in [3.8, 4) is 5.69 Å². The average molecular weight is 576 g/mol. The number of pyridine rings is 1. The molecule has 2 aromatic heterocycles. The predicted molar refractivity (Wildman–Crippen MR) is 159 cm³/mol. The van der Waals surface area contributed by atoms with E-state index in [4.69, 9.17) is 17.0 Å². The third-order valence-electron chi connectivity index (χ3n) is 6.89. The van der Waals surface area contributed by atoms with Crippen LogP contribution in [0, 0.1) is 13.8 Å². The molecule has 0 bridgehead atoms. The van der Waals surface area contributed by atoms with E-state index in [0.29, 0.717) is 16.4 Å².